The summed E-state index contributed by atoms with van der Waals surface area (Å²) in [6.45, 7) is 6.03. The molecule has 0 aliphatic carbocycles. The molecule has 2 unspecified atom stereocenters. The highest BCUT2D eigenvalue weighted by Gasteiger charge is 2.20. The zero-order valence-corrected chi connectivity index (χ0v) is 10.1. The Labute approximate surface area is 92.0 Å². The first-order valence-electron chi connectivity index (χ1n) is 5.20. The van der Waals surface area contributed by atoms with E-state index in [1.165, 1.54) is 0 Å². The molecule has 0 saturated carbocycles. The van der Waals surface area contributed by atoms with Gasteiger partial charge in [0.05, 0.1) is 12.7 Å². The van der Waals surface area contributed by atoms with Crippen LogP contribution in [0.2, 0.25) is 0 Å². The van der Waals surface area contributed by atoms with Crippen LogP contribution in [0.3, 0.4) is 0 Å². The van der Waals surface area contributed by atoms with Crippen molar-refractivity contribution >= 4 is 11.6 Å². The molecule has 2 atom stereocenters. The quantitative estimate of drug-likeness (QED) is 0.655. The molecule has 3 nitrogen and oxygen atoms in total. The van der Waals surface area contributed by atoms with E-state index in [1.807, 2.05) is 0 Å². The van der Waals surface area contributed by atoms with Crippen LogP contribution in [-0.2, 0) is 4.74 Å². The predicted octanol–water partition coefficient (Wildman–Crippen LogP) is 0.876. The summed E-state index contributed by atoms with van der Waals surface area (Å²) < 4.78 is 5.69. The standard InChI is InChI=1S/C10H21ClN2O/c1-9(6-11)13(3)8-10-7-12(2)4-5-14-10/h9-10H,4-8H2,1-3H3. The summed E-state index contributed by atoms with van der Waals surface area (Å²) in [4.78, 5) is 4.57. The summed E-state index contributed by atoms with van der Waals surface area (Å²) in [5, 5.41) is 0. The van der Waals surface area contributed by atoms with Crippen molar-refractivity contribution < 1.29 is 4.74 Å². The van der Waals surface area contributed by atoms with Gasteiger partial charge in [-0.25, -0.2) is 0 Å². The summed E-state index contributed by atoms with van der Waals surface area (Å²) in [5.74, 6) is 0.680. The van der Waals surface area contributed by atoms with Gasteiger partial charge in [-0.2, -0.15) is 0 Å². The Balaban J connectivity index is 2.28. The molecule has 14 heavy (non-hydrogen) atoms. The summed E-state index contributed by atoms with van der Waals surface area (Å²) in [5.41, 5.74) is 0. The van der Waals surface area contributed by atoms with E-state index < -0.39 is 0 Å². The van der Waals surface area contributed by atoms with Crippen LogP contribution in [0.25, 0.3) is 0 Å². The van der Waals surface area contributed by atoms with Crippen molar-refractivity contribution in [2.75, 3.05) is 46.2 Å². The molecule has 1 rings (SSSR count). The SMILES string of the molecule is CC(CCl)N(C)CC1CN(C)CCO1. The van der Waals surface area contributed by atoms with Crippen molar-refractivity contribution in [2.45, 2.75) is 19.1 Å². The number of ether oxygens (including phenoxy) is 1. The monoisotopic (exact) mass is 220 g/mol. The summed E-state index contributed by atoms with van der Waals surface area (Å²) in [6, 6.07) is 0.424. The van der Waals surface area contributed by atoms with Gasteiger partial charge in [0.1, 0.15) is 0 Å². The largest absolute Gasteiger partial charge is 0.374 e. The van der Waals surface area contributed by atoms with Gasteiger partial charge >= 0.3 is 0 Å². The number of hydrogen-bond acceptors (Lipinski definition) is 3. The van der Waals surface area contributed by atoms with E-state index in [-0.39, 0.29) is 0 Å². The highest BCUT2D eigenvalue weighted by Crippen LogP contribution is 2.07. The smallest absolute Gasteiger partial charge is 0.0829 e. The molecule has 1 saturated heterocycles. The van der Waals surface area contributed by atoms with Gasteiger partial charge in [0.25, 0.3) is 0 Å². The topological polar surface area (TPSA) is 15.7 Å². The second-order valence-corrected chi connectivity index (χ2v) is 4.51. The highest BCUT2D eigenvalue weighted by molar-refractivity contribution is 6.18. The minimum absolute atomic E-state index is 0.337. The number of rotatable bonds is 4. The van der Waals surface area contributed by atoms with Gasteiger partial charge in [0, 0.05) is 31.6 Å². The zero-order chi connectivity index (χ0) is 10.6. The molecule has 1 fully saturated rings. The van der Waals surface area contributed by atoms with Crippen LogP contribution in [0, 0.1) is 0 Å². The molecule has 1 aliphatic heterocycles. The van der Waals surface area contributed by atoms with Crippen molar-refractivity contribution in [1.82, 2.24) is 9.80 Å². The van der Waals surface area contributed by atoms with Gasteiger partial charge in [-0.3, -0.25) is 4.90 Å². The number of morpholine rings is 1. The Kier molecular flexibility index (Phi) is 5.17. The van der Waals surface area contributed by atoms with Crippen LogP contribution >= 0.6 is 11.6 Å². The molecule has 0 spiro atoms. The van der Waals surface area contributed by atoms with Crippen LogP contribution in [0.15, 0.2) is 0 Å². The molecule has 4 heteroatoms. The van der Waals surface area contributed by atoms with Crippen LogP contribution in [0.4, 0.5) is 0 Å². The van der Waals surface area contributed by atoms with E-state index in [9.17, 15) is 0 Å². The Hall–Kier alpha value is 0.170. The van der Waals surface area contributed by atoms with E-state index >= 15 is 0 Å². The second-order valence-electron chi connectivity index (χ2n) is 4.20. The fourth-order valence-corrected chi connectivity index (χ4v) is 1.83. The van der Waals surface area contributed by atoms with Crippen molar-refractivity contribution in [3.63, 3.8) is 0 Å². The van der Waals surface area contributed by atoms with Crippen LogP contribution in [0.1, 0.15) is 6.92 Å². The number of alkyl halides is 1. The number of halogens is 1. The lowest BCUT2D eigenvalue weighted by Gasteiger charge is -2.34. The minimum Gasteiger partial charge on any atom is -0.374 e. The fraction of sp³-hybridized carbons (Fsp3) is 1.00. The molecule has 0 radical (unpaired) electrons. The Morgan fingerprint density at radius 2 is 2.36 bits per heavy atom. The lowest BCUT2D eigenvalue weighted by atomic mass is 10.2. The van der Waals surface area contributed by atoms with Crippen LogP contribution in [0.5, 0.6) is 0 Å². The molecular weight excluding hydrogens is 200 g/mol. The number of nitrogens with zero attached hydrogens (tertiary/aromatic N) is 2. The van der Waals surface area contributed by atoms with Gasteiger partial charge in [0.2, 0.25) is 0 Å². The van der Waals surface area contributed by atoms with Crippen LogP contribution < -0.4 is 0 Å². The Bertz CT molecular complexity index is 168. The van der Waals surface area contributed by atoms with Crippen molar-refractivity contribution in [3.05, 3.63) is 0 Å². The first-order chi connectivity index (χ1) is 6.63. The first kappa shape index (κ1) is 12.2. The Morgan fingerprint density at radius 1 is 1.64 bits per heavy atom. The van der Waals surface area contributed by atoms with Crippen molar-refractivity contribution in [2.24, 2.45) is 0 Å². The lowest BCUT2D eigenvalue weighted by Crippen LogP contribution is -2.47. The van der Waals surface area contributed by atoms with Crippen molar-refractivity contribution in [3.8, 4) is 0 Å². The summed E-state index contributed by atoms with van der Waals surface area (Å²) in [6.07, 6.45) is 0.337. The lowest BCUT2D eigenvalue weighted by molar-refractivity contribution is -0.0355. The van der Waals surface area contributed by atoms with Gasteiger partial charge in [-0.05, 0) is 21.0 Å². The normalized spacial score (nSPS) is 26.8. The number of likely N-dealkylation sites (N-methyl/N-ethyl adjacent to an activating group) is 2. The van der Waals surface area contributed by atoms with E-state index in [2.05, 4.69) is 30.8 Å². The third-order valence-corrected chi connectivity index (χ3v) is 3.26. The number of hydrogen-bond donors (Lipinski definition) is 0. The molecule has 1 aliphatic rings. The first-order valence-corrected chi connectivity index (χ1v) is 5.73. The van der Waals surface area contributed by atoms with Crippen molar-refractivity contribution in [1.29, 1.82) is 0 Å². The van der Waals surface area contributed by atoms with E-state index in [0.29, 0.717) is 18.0 Å². The molecule has 0 amide bonds. The van der Waals surface area contributed by atoms with E-state index in [1.54, 1.807) is 0 Å². The molecule has 1 heterocycles. The highest BCUT2D eigenvalue weighted by atomic mass is 35.5. The molecule has 0 N–H and O–H groups in total. The Morgan fingerprint density at radius 3 is 2.93 bits per heavy atom. The molecule has 0 aromatic heterocycles. The maximum atomic E-state index is 5.80. The maximum Gasteiger partial charge on any atom is 0.0829 e. The average molecular weight is 221 g/mol. The van der Waals surface area contributed by atoms with Gasteiger partial charge in [-0.1, -0.05) is 0 Å². The molecule has 0 bridgehead atoms. The zero-order valence-electron chi connectivity index (χ0n) is 9.37. The van der Waals surface area contributed by atoms with Gasteiger partial charge < -0.3 is 9.64 Å². The average Bonchev–Trinajstić information content (AvgIpc) is 2.16. The van der Waals surface area contributed by atoms with Gasteiger partial charge in [0.15, 0.2) is 0 Å². The van der Waals surface area contributed by atoms with Crippen LogP contribution in [-0.4, -0.2) is 68.2 Å². The third-order valence-electron chi connectivity index (χ3n) is 2.81. The van der Waals surface area contributed by atoms with Gasteiger partial charge in [-0.15, -0.1) is 11.6 Å². The molecule has 0 aromatic rings. The summed E-state index contributed by atoms with van der Waals surface area (Å²) >= 11 is 5.80. The minimum atomic E-state index is 0.337. The molecule has 0 aromatic carbocycles. The second kappa shape index (κ2) is 5.91. The fourth-order valence-electron chi connectivity index (χ4n) is 1.60. The van der Waals surface area contributed by atoms with E-state index in [4.69, 9.17) is 16.3 Å². The predicted molar refractivity (Wildman–Crippen MR) is 60.0 cm³/mol. The molecule has 84 valence electrons. The van der Waals surface area contributed by atoms with E-state index in [0.717, 1.165) is 26.2 Å². The summed E-state index contributed by atoms with van der Waals surface area (Å²) in [7, 11) is 4.24. The molecular formula is C10H21ClN2O. The third kappa shape index (κ3) is 3.73. The maximum absolute atomic E-state index is 5.80.